The quantitative estimate of drug-likeness (QED) is 0.894. The highest BCUT2D eigenvalue weighted by atomic mass is 16.2. The molecule has 1 aliphatic heterocycles. The maximum Gasteiger partial charge on any atom is 0.328 e. The van der Waals surface area contributed by atoms with Crippen molar-refractivity contribution in [2.75, 3.05) is 16.8 Å². The van der Waals surface area contributed by atoms with Crippen LogP contribution < -0.4 is 15.5 Å². The number of aromatic nitrogens is 1. The molecule has 1 saturated heterocycles. The first-order valence-corrected chi connectivity index (χ1v) is 7.56. The second kappa shape index (κ2) is 6.11. The van der Waals surface area contributed by atoms with E-state index in [0.717, 1.165) is 5.82 Å². The van der Waals surface area contributed by atoms with Crippen molar-refractivity contribution in [2.45, 2.75) is 44.6 Å². The van der Waals surface area contributed by atoms with Gasteiger partial charge in [0, 0.05) is 19.0 Å². The van der Waals surface area contributed by atoms with E-state index >= 15 is 0 Å². The van der Waals surface area contributed by atoms with Crippen molar-refractivity contribution in [3.63, 3.8) is 0 Å². The smallest absolute Gasteiger partial charge is 0.328 e. The summed E-state index contributed by atoms with van der Waals surface area (Å²) in [6, 6.07) is 3.90. The van der Waals surface area contributed by atoms with E-state index in [4.69, 9.17) is 0 Å². The lowest BCUT2D eigenvalue weighted by Crippen LogP contribution is -2.49. The number of hydrogen-bond donors (Lipinski definition) is 2. The molecule has 2 heterocycles. The summed E-state index contributed by atoms with van der Waals surface area (Å²) < 4.78 is 0. The fourth-order valence-corrected chi connectivity index (χ4v) is 2.90. The Kier molecular flexibility index (Phi) is 4.03. The summed E-state index contributed by atoms with van der Waals surface area (Å²) in [5.74, 6) is 0.624. The SMILES string of the molecule is O=C1CCN(c2ccc(NC3CCCCC3)nc2)C(=O)N1. The van der Waals surface area contributed by atoms with Crippen molar-refractivity contribution in [2.24, 2.45) is 0 Å². The number of nitrogens with one attached hydrogen (secondary N) is 2. The number of nitrogens with zero attached hydrogens (tertiary/aromatic N) is 2. The van der Waals surface area contributed by atoms with Gasteiger partial charge in [-0.2, -0.15) is 0 Å². The van der Waals surface area contributed by atoms with Gasteiger partial charge >= 0.3 is 6.03 Å². The summed E-state index contributed by atoms with van der Waals surface area (Å²) in [7, 11) is 0. The van der Waals surface area contributed by atoms with Crippen LogP contribution in [0.15, 0.2) is 18.3 Å². The van der Waals surface area contributed by atoms with Crippen LogP contribution in [0.25, 0.3) is 0 Å². The van der Waals surface area contributed by atoms with Gasteiger partial charge in [0.05, 0.1) is 11.9 Å². The van der Waals surface area contributed by atoms with Gasteiger partial charge < -0.3 is 5.32 Å². The molecule has 3 rings (SSSR count). The zero-order valence-corrected chi connectivity index (χ0v) is 12.0. The number of urea groups is 1. The number of imide groups is 1. The highest BCUT2D eigenvalue weighted by Crippen LogP contribution is 2.22. The minimum atomic E-state index is -0.374. The van der Waals surface area contributed by atoms with Crippen molar-refractivity contribution >= 4 is 23.4 Å². The standard InChI is InChI=1S/C15H20N4O2/c20-14-8-9-19(15(21)18-14)12-6-7-13(16-10-12)17-11-4-2-1-3-5-11/h6-7,10-11H,1-5,8-9H2,(H,16,17)(H,18,20,21). The predicted molar refractivity (Wildman–Crippen MR) is 80.2 cm³/mol. The maximum absolute atomic E-state index is 11.8. The van der Waals surface area contributed by atoms with Crippen LogP contribution in [0.2, 0.25) is 0 Å². The molecule has 6 nitrogen and oxygen atoms in total. The molecule has 0 unspecified atom stereocenters. The molecule has 112 valence electrons. The molecule has 0 spiro atoms. The molecule has 1 aromatic rings. The highest BCUT2D eigenvalue weighted by Gasteiger charge is 2.24. The average Bonchev–Trinajstić information content (AvgIpc) is 2.49. The van der Waals surface area contributed by atoms with Crippen molar-refractivity contribution in [3.8, 4) is 0 Å². The number of rotatable bonds is 3. The van der Waals surface area contributed by atoms with Crippen molar-refractivity contribution in [1.29, 1.82) is 0 Å². The third kappa shape index (κ3) is 3.32. The number of carbonyl (C=O) groups is 2. The predicted octanol–water partition coefficient (Wildman–Crippen LogP) is 2.27. The number of amides is 3. The molecular formula is C15H20N4O2. The van der Waals surface area contributed by atoms with Crippen LogP contribution in [0.3, 0.4) is 0 Å². The van der Waals surface area contributed by atoms with Crippen LogP contribution >= 0.6 is 0 Å². The van der Waals surface area contributed by atoms with Gasteiger partial charge in [-0.3, -0.25) is 15.0 Å². The molecule has 3 amide bonds. The van der Waals surface area contributed by atoms with Crippen LogP contribution in [0.1, 0.15) is 38.5 Å². The molecule has 0 aromatic carbocycles. The molecule has 0 atom stereocenters. The Hall–Kier alpha value is -2.11. The first kappa shape index (κ1) is 13.9. The largest absolute Gasteiger partial charge is 0.367 e. The Bertz CT molecular complexity index is 523. The molecule has 21 heavy (non-hydrogen) atoms. The zero-order chi connectivity index (χ0) is 14.7. The fourth-order valence-electron chi connectivity index (χ4n) is 2.90. The lowest BCUT2D eigenvalue weighted by Gasteiger charge is -2.27. The van der Waals surface area contributed by atoms with Gasteiger partial charge in [-0.1, -0.05) is 19.3 Å². The van der Waals surface area contributed by atoms with Crippen molar-refractivity contribution in [3.05, 3.63) is 18.3 Å². The van der Waals surface area contributed by atoms with Crippen LogP contribution in [-0.4, -0.2) is 29.5 Å². The molecule has 2 N–H and O–H groups in total. The maximum atomic E-state index is 11.8. The molecule has 6 heteroatoms. The van der Waals surface area contributed by atoms with Gasteiger partial charge in [0.1, 0.15) is 5.82 Å². The molecule has 1 aliphatic carbocycles. The molecule has 2 fully saturated rings. The Labute approximate surface area is 123 Å². The number of carbonyl (C=O) groups excluding carboxylic acids is 2. The first-order chi connectivity index (χ1) is 10.2. The normalized spacial score (nSPS) is 20.3. The third-order valence-electron chi connectivity index (χ3n) is 4.07. The van der Waals surface area contributed by atoms with Gasteiger partial charge in [0.15, 0.2) is 0 Å². The highest BCUT2D eigenvalue weighted by molar-refractivity contribution is 6.05. The summed E-state index contributed by atoms with van der Waals surface area (Å²) in [5, 5.41) is 5.76. The Balaban J connectivity index is 1.63. The lowest BCUT2D eigenvalue weighted by atomic mass is 9.95. The van der Waals surface area contributed by atoms with Crippen LogP contribution in [0.5, 0.6) is 0 Å². The van der Waals surface area contributed by atoms with E-state index in [1.54, 1.807) is 11.1 Å². The molecule has 1 aromatic heterocycles. The monoisotopic (exact) mass is 288 g/mol. The van der Waals surface area contributed by atoms with Gasteiger partial charge in [-0.25, -0.2) is 9.78 Å². The van der Waals surface area contributed by atoms with Crippen molar-refractivity contribution < 1.29 is 9.59 Å². The van der Waals surface area contributed by atoms with E-state index in [1.165, 1.54) is 32.1 Å². The van der Waals surface area contributed by atoms with E-state index < -0.39 is 0 Å². The van der Waals surface area contributed by atoms with Gasteiger partial charge in [0.2, 0.25) is 5.91 Å². The van der Waals surface area contributed by atoms with Gasteiger partial charge in [-0.05, 0) is 25.0 Å². The minimum absolute atomic E-state index is 0.222. The van der Waals surface area contributed by atoms with E-state index in [9.17, 15) is 9.59 Å². The zero-order valence-electron chi connectivity index (χ0n) is 12.0. The first-order valence-electron chi connectivity index (χ1n) is 7.56. The van der Waals surface area contributed by atoms with E-state index in [0.29, 0.717) is 24.7 Å². The summed E-state index contributed by atoms with van der Waals surface area (Å²) in [4.78, 5) is 28.8. The van der Waals surface area contributed by atoms with Gasteiger partial charge in [-0.15, -0.1) is 0 Å². The lowest BCUT2D eigenvalue weighted by molar-refractivity contribution is -0.120. The van der Waals surface area contributed by atoms with Crippen LogP contribution in [0.4, 0.5) is 16.3 Å². The Morgan fingerprint density at radius 1 is 1.19 bits per heavy atom. The second-order valence-corrected chi connectivity index (χ2v) is 5.64. The fraction of sp³-hybridized carbons (Fsp3) is 0.533. The van der Waals surface area contributed by atoms with E-state index in [-0.39, 0.29) is 11.9 Å². The summed E-state index contributed by atoms with van der Waals surface area (Å²) in [5.41, 5.74) is 0.717. The molecular weight excluding hydrogens is 268 g/mol. The third-order valence-corrected chi connectivity index (χ3v) is 4.07. The summed E-state index contributed by atoms with van der Waals surface area (Å²) >= 11 is 0. The van der Waals surface area contributed by atoms with Gasteiger partial charge in [0.25, 0.3) is 0 Å². The summed E-state index contributed by atoms with van der Waals surface area (Å²) in [6.45, 7) is 0.405. The van der Waals surface area contributed by atoms with E-state index in [1.807, 2.05) is 12.1 Å². The second-order valence-electron chi connectivity index (χ2n) is 5.64. The van der Waals surface area contributed by atoms with Crippen LogP contribution in [-0.2, 0) is 4.79 Å². The Morgan fingerprint density at radius 2 is 2.00 bits per heavy atom. The molecule has 0 radical (unpaired) electrons. The Morgan fingerprint density at radius 3 is 2.67 bits per heavy atom. The molecule has 1 saturated carbocycles. The molecule has 0 bridgehead atoms. The number of hydrogen-bond acceptors (Lipinski definition) is 4. The topological polar surface area (TPSA) is 74.3 Å². The number of pyridine rings is 1. The van der Waals surface area contributed by atoms with Crippen molar-refractivity contribution in [1.82, 2.24) is 10.3 Å². The van der Waals surface area contributed by atoms with Crippen LogP contribution in [0, 0.1) is 0 Å². The number of anilines is 2. The average molecular weight is 288 g/mol. The summed E-state index contributed by atoms with van der Waals surface area (Å²) in [6.07, 6.45) is 8.28. The van der Waals surface area contributed by atoms with E-state index in [2.05, 4.69) is 15.6 Å². The minimum Gasteiger partial charge on any atom is -0.367 e. The molecule has 2 aliphatic rings.